The number of benzene rings is 1. The Morgan fingerprint density at radius 1 is 1.20 bits per heavy atom. The monoisotopic (exact) mass is 267 g/mol. The number of aliphatic hydroxyl groups excluding tert-OH is 1. The second-order valence-electron chi connectivity index (χ2n) is 6.64. The van der Waals surface area contributed by atoms with Crippen LogP contribution in [-0.4, -0.2) is 10.1 Å². The molecular formula is C18H21NO. The summed E-state index contributed by atoms with van der Waals surface area (Å²) in [6, 6.07) is 10.2. The topological polar surface area (TPSA) is 33.1 Å². The van der Waals surface area contributed by atoms with E-state index >= 15 is 0 Å². The first-order chi connectivity index (χ1) is 9.79. The molecule has 1 N–H and O–H groups in total. The molecule has 4 atom stereocenters. The first-order valence-corrected chi connectivity index (χ1v) is 7.82. The Labute approximate surface area is 119 Å². The smallest absolute Gasteiger partial charge is 0.0793 e. The Hall–Kier alpha value is -1.41. The van der Waals surface area contributed by atoms with Crippen molar-refractivity contribution >= 4 is 10.9 Å². The van der Waals surface area contributed by atoms with Crippen molar-refractivity contribution in [3.63, 3.8) is 0 Å². The van der Waals surface area contributed by atoms with E-state index in [4.69, 9.17) is 0 Å². The second kappa shape index (κ2) is 4.85. The van der Waals surface area contributed by atoms with Gasteiger partial charge in [0.25, 0.3) is 0 Å². The van der Waals surface area contributed by atoms with E-state index in [-0.39, 0.29) is 6.10 Å². The SMILES string of the molecule is OC(CC1CC2CCC1C2)c1ccc2cccnc2c1. The summed E-state index contributed by atoms with van der Waals surface area (Å²) in [5.74, 6) is 2.58. The standard InChI is InChI=1S/C18H21NO/c20-18(11-16-9-12-3-4-14(16)8-12)15-6-5-13-2-1-7-19-17(13)10-15/h1-2,5-7,10,12,14,16,18,20H,3-4,8-9,11H2. The quantitative estimate of drug-likeness (QED) is 0.908. The Kier molecular flexibility index (Phi) is 2.99. The third-order valence-electron chi connectivity index (χ3n) is 5.43. The predicted molar refractivity (Wildman–Crippen MR) is 80.3 cm³/mol. The van der Waals surface area contributed by atoms with Crippen molar-refractivity contribution in [3.8, 4) is 0 Å². The molecule has 2 fully saturated rings. The lowest BCUT2D eigenvalue weighted by molar-refractivity contribution is 0.125. The van der Waals surface area contributed by atoms with E-state index in [2.05, 4.69) is 23.2 Å². The maximum atomic E-state index is 10.5. The molecule has 2 aliphatic rings. The van der Waals surface area contributed by atoms with E-state index in [1.54, 1.807) is 0 Å². The molecule has 2 aliphatic carbocycles. The lowest BCUT2D eigenvalue weighted by atomic mass is 9.83. The first kappa shape index (κ1) is 12.3. The molecule has 4 rings (SSSR count). The van der Waals surface area contributed by atoms with Gasteiger partial charge in [0, 0.05) is 11.6 Å². The third-order valence-corrected chi connectivity index (χ3v) is 5.43. The maximum absolute atomic E-state index is 10.5. The average molecular weight is 267 g/mol. The molecule has 1 aromatic carbocycles. The highest BCUT2D eigenvalue weighted by molar-refractivity contribution is 5.78. The molecule has 4 unspecified atom stereocenters. The molecule has 0 saturated heterocycles. The van der Waals surface area contributed by atoms with Crippen molar-refractivity contribution < 1.29 is 5.11 Å². The minimum Gasteiger partial charge on any atom is -0.388 e. The molecule has 1 aromatic heterocycles. The Bertz CT molecular complexity index is 624. The molecular weight excluding hydrogens is 246 g/mol. The van der Waals surface area contributed by atoms with Gasteiger partial charge in [-0.15, -0.1) is 0 Å². The summed E-state index contributed by atoms with van der Waals surface area (Å²) in [6.07, 6.45) is 7.99. The van der Waals surface area contributed by atoms with E-state index in [0.717, 1.165) is 40.6 Å². The summed E-state index contributed by atoms with van der Waals surface area (Å²) >= 11 is 0. The molecule has 2 bridgehead atoms. The summed E-state index contributed by atoms with van der Waals surface area (Å²) in [7, 11) is 0. The number of fused-ring (bicyclic) bond motifs is 3. The third kappa shape index (κ3) is 2.12. The van der Waals surface area contributed by atoms with Crippen LogP contribution in [0.1, 0.15) is 43.8 Å². The largest absolute Gasteiger partial charge is 0.388 e. The fraction of sp³-hybridized carbons (Fsp3) is 0.500. The number of hydrogen-bond donors (Lipinski definition) is 1. The number of pyridine rings is 1. The average Bonchev–Trinajstić information content (AvgIpc) is 3.09. The lowest BCUT2D eigenvalue weighted by Gasteiger charge is -2.24. The summed E-state index contributed by atoms with van der Waals surface area (Å²) in [4.78, 5) is 4.38. The fourth-order valence-corrected chi connectivity index (χ4v) is 4.38. The van der Waals surface area contributed by atoms with Crippen molar-refractivity contribution in [3.05, 3.63) is 42.1 Å². The molecule has 2 aromatic rings. The van der Waals surface area contributed by atoms with Gasteiger partial charge in [0.05, 0.1) is 11.6 Å². The van der Waals surface area contributed by atoms with Crippen LogP contribution >= 0.6 is 0 Å². The summed E-state index contributed by atoms with van der Waals surface area (Å²) in [5, 5.41) is 11.7. The minimum atomic E-state index is -0.328. The highest BCUT2D eigenvalue weighted by atomic mass is 16.3. The number of aromatic nitrogens is 1. The van der Waals surface area contributed by atoms with Gasteiger partial charge in [-0.05, 0) is 61.1 Å². The van der Waals surface area contributed by atoms with Crippen LogP contribution in [0.15, 0.2) is 36.5 Å². The van der Waals surface area contributed by atoms with Crippen LogP contribution < -0.4 is 0 Å². The zero-order valence-corrected chi connectivity index (χ0v) is 11.7. The Morgan fingerprint density at radius 3 is 2.95 bits per heavy atom. The molecule has 104 valence electrons. The molecule has 1 heterocycles. The van der Waals surface area contributed by atoms with Crippen molar-refractivity contribution in [2.24, 2.45) is 17.8 Å². The minimum absolute atomic E-state index is 0.328. The van der Waals surface area contributed by atoms with E-state index < -0.39 is 0 Å². The zero-order valence-electron chi connectivity index (χ0n) is 11.7. The normalized spacial score (nSPS) is 29.9. The van der Waals surface area contributed by atoms with Gasteiger partial charge in [0.2, 0.25) is 0 Å². The molecule has 2 heteroatoms. The van der Waals surface area contributed by atoms with Crippen LogP contribution in [0.4, 0.5) is 0 Å². The Morgan fingerprint density at radius 2 is 2.15 bits per heavy atom. The fourth-order valence-electron chi connectivity index (χ4n) is 4.38. The van der Waals surface area contributed by atoms with Gasteiger partial charge in [-0.25, -0.2) is 0 Å². The molecule has 0 aliphatic heterocycles. The summed E-state index contributed by atoms with van der Waals surface area (Å²) < 4.78 is 0. The van der Waals surface area contributed by atoms with Crippen LogP contribution in [0.2, 0.25) is 0 Å². The van der Waals surface area contributed by atoms with Crippen LogP contribution in [0.5, 0.6) is 0 Å². The predicted octanol–water partition coefficient (Wildman–Crippen LogP) is 4.09. The van der Waals surface area contributed by atoms with Crippen molar-refractivity contribution in [1.29, 1.82) is 0 Å². The highest BCUT2D eigenvalue weighted by Gasteiger charge is 2.40. The van der Waals surface area contributed by atoms with Crippen LogP contribution in [0.25, 0.3) is 10.9 Å². The zero-order chi connectivity index (χ0) is 13.5. The van der Waals surface area contributed by atoms with Gasteiger partial charge in [-0.1, -0.05) is 24.6 Å². The van der Waals surface area contributed by atoms with Crippen molar-refractivity contribution in [2.45, 2.75) is 38.2 Å². The van der Waals surface area contributed by atoms with E-state index in [0.29, 0.717) is 0 Å². The second-order valence-corrected chi connectivity index (χ2v) is 6.64. The van der Waals surface area contributed by atoms with Crippen molar-refractivity contribution in [2.75, 3.05) is 0 Å². The van der Waals surface area contributed by atoms with Gasteiger partial charge in [0.1, 0.15) is 0 Å². The van der Waals surface area contributed by atoms with Gasteiger partial charge in [0.15, 0.2) is 0 Å². The van der Waals surface area contributed by atoms with E-state index in [9.17, 15) is 5.11 Å². The number of aliphatic hydroxyl groups is 1. The van der Waals surface area contributed by atoms with Crippen molar-refractivity contribution in [1.82, 2.24) is 4.98 Å². The molecule has 2 nitrogen and oxygen atoms in total. The first-order valence-electron chi connectivity index (χ1n) is 7.82. The maximum Gasteiger partial charge on any atom is 0.0793 e. The van der Waals surface area contributed by atoms with Gasteiger partial charge in [-0.2, -0.15) is 0 Å². The van der Waals surface area contributed by atoms with Gasteiger partial charge >= 0.3 is 0 Å². The molecule has 2 saturated carbocycles. The van der Waals surface area contributed by atoms with Gasteiger partial charge < -0.3 is 5.11 Å². The lowest BCUT2D eigenvalue weighted by Crippen LogP contribution is -2.14. The number of rotatable bonds is 3. The summed E-state index contributed by atoms with van der Waals surface area (Å²) in [5.41, 5.74) is 2.01. The molecule has 0 radical (unpaired) electrons. The van der Waals surface area contributed by atoms with Crippen LogP contribution in [0, 0.1) is 17.8 Å². The highest BCUT2D eigenvalue weighted by Crippen LogP contribution is 2.50. The van der Waals surface area contributed by atoms with Gasteiger partial charge in [-0.3, -0.25) is 4.98 Å². The Balaban J connectivity index is 1.53. The number of hydrogen-bond acceptors (Lipinski definition) is 2. The molecule has 20 heavy (non-hydrogen) atoms. The molecule has 0 amide bonds. The molecule has 0 spiro atoms. The number of nitrogens with zero attached hydrogens (tertiary/aromatic N) is 1. The van der Waals surface area contributed by atoms with Crippen LogP contribution in [-0.2, 0) is 0 Å². The summed E-state index contributed by atoms with van der Waals surface area (Å²) in [6.45, 7) is 0. The van der Waals surface area contributed by atoms with E-state index in [1.165, 1.54) is 25.7 Å². The van der Waals surface area contributed by atoms with Crippen LogP contribution in [0.3, 0.4) is 0 Å². The van der Waals surface area contributed by atoms with E-state index in [1.807, 2.05) is 18.3 Å².